The summed E-state index contributed by atoms with van der Waals surface area (Å²) in [5.41, 5.74) is 2.45. The highest BCUT2D eigenvalue weighted by atomic mass is 35.5. The van der Waals surface area contributed by atoms with Crippen molar-refractivity contribution in [3.8, 4) is 5.75 Å². The molecule has 0 aliphatic rings. The molecule has 6 heteroatoms. The molecule has 5 nitrogen and oxygen atoms in total. The van der Waals surface area contributed by atoms with Crippen molar-refractivity contribution in [3.63, 3.8) is 0 Å². The molecule has 0 aromatic heterocycles. The quantitative estimate of drug-likeness (QED) is 0.749. The Morgan fingerprint density at radius 1 is 1.11 bits per heavy atom. The zero-order chi connectivity index (χ0) is 20.2. The summed E-state index contributed by atoms with van der Waals surface area (Å²) in [6.45, 7) is 7.95. The molecule has 1 amide bonds. The number of hydrogen-bond donors (Lipinski definition) is 1. The number of benzene rings is 2. The number of carbonyl (C=O) groups is 2. The van der Waals surface area contributed by atoms with Crippen molar-refractivity contribution in [2.45, 2.75) is 33.1 Å². The fourth-order valence-corrected chi connectivity index (χ4v) is 2.83. The van der Waals surface area contributed by atoms with Crippen LogP contribution >= 0.6 is 11.6 Å². The predicted molar refractivity (Wildman–Crippen MR) is 107 cm³/mol. The van der Waals surface area contributed by atoms with Gasteiger partial charge in [-0.15, -0.1) is 0 Å². The van der Waals surface area contributed by atoms with Crippen LogP contribution in [0.25, 0.3) is 0 Å². The van der Waals surface area contributed by atoms with Crippen LogP contribution in [0.2, 0.25) is 5.02 Å². The van der Waals surface area contributed by atoms with E-state index in [4.69, 9.17) is 21.1 Å². The van der Waals surface area contributed by atoms with Gasteiger partial charge in [0.1, 0.15) is 5.75 Å². The van der Waals surface area contributed by atoms with E-state index in [1.54, 1.807) is 13.0 Å². The van der Waals surface area contributed by atoms with Gasteiger partial charge < -0.3 is 14.8 Å². The monoisotopic (exact) mass is 389 g/mol. The van der Waals surface area contributed by atoms with Crippen LogP contribution in [0.15, 0.2) is 36.4 Å². The van der Waals surface area contributed by atoms with Crippen LogP contribution in [0.1, 0.15) is 42.3 Å². The molecule has 0 spiro atoms. The van der Waals surface area contributed by atoms with Gasteiger partial charge in [-0.1, -0.05) is 44.5 Å². The number of hydrogen-bond acceptors (Lipinski definition) is 4. The van der Waals surface area contributed by atoms with Crippen molar-refractivity contribution >= 4 is 29.2 Å². The molecule has 2 rings (SSSR count). The molecule has 0 radical (unpaired) electrons. The summed E-state index contributed by atoms with van der Waals surface area (Å²) in [5.74, 6) is -0.362. The second-order valence-corrected chi connectivity index (χ2v) is 7.68. The van der Waals surface area contributed by atoms with Crippen LogP contribution in [0.4, 0.5) is 5.69 Å². The number of methoxy groups -OCH3 is 1. The number of amides is 1. The number of ether oxygens (including phenoxy) is 2. The van der Waals surface area contributed by atoms with E-state index in [1.807, 2.05) is 24.3 Å². The predicted octanol–water partition coefficient (Wildman–Crippen LogP) is 4.75. The Morgan fingerprint density at radius 2 is 1.74 bits per heavy atom. The van der Waals surface area contributed by atoms with Gasteiger partial charge >= 0.3 is 5.97 Å². The van der Waals surface area contributed by atoms with Crippen LogP contribution in [-0.4, -0.2) is 25.6 Å². The molecule has 144 valence electrons. The first-order chi connectivity index (χ1) is 12.6. The maximum absolute atomic E-state index is 12.3. The third kappa shape index (κ3) is 5.47. The third-order valence-electron chi connectivity index (χ3n) is 4.06. The molecule has 0 bridgehead atoms. The maximum atomic E-state index is 12.3. The number of halogens is 1. The lowest BCUT2D eigenvalue weighted by molar-refractivity contribution is -0.118. The molecule has 0 aliphatic heterocycles. The fourth-order valence-electron chi connectivity index (χ4n) is 2.56. The molecule has 0 unspecified atom stereocenters. The molecule has 2 aromatic rings. The Hall–Kier alpha value is -2.53. The van der Waals surface area contributed by atoms with Crippen LogP contribution in [0.5, 0.6) is 5.75 Å². The van der Waals surface area contributed by atoms with Crippen molar-refractivity contribution in [3.05, 3.63) is 58.1 Å². The third-order valence-corrected chi connectivity index (χ3v) is 4.28. The minimum absolute atomic E-state index is 0.0479. The van der Waals surface area contributed by atoms with Crippen LogP contribution in [0.3, 0.4) is 0 Å². The topological polar surface area (TPSA) is 64.6 Å². The fraction of sp³-hybridized carbons (Fsp3) is 0.333. The van der Waals surface area contributed by atoms with Gasteiger partial charge in [-0.05, 0) is 47.7 Å². The first-order valence-corrected chi connectivity index (χ1v) is 8.91. The lowest BCUT2D eigenvalue weighted by Gasteiger charge is -2.19. The minimum Gasteiger partial charge on any atom is -0.484 e. The summed E-state index contributed by atoms with van der Waals surface area (Å²) in [6, 6.07) is 10.7. The lowest BCUT2D eigenvalue weighted by Crippen LogP contribution is -2.22. The SMILES string of the molecule is COC(=O)c1cc(Cl)cc(C)c1NC(=O)COc1ccc(C(C)(C)C)cc1. The standard InChI is InChI=1S/C21H24ClNO4/c1-13-10-15(22)11-17(20(25)26-5)19(13)23-18(24)12-27-16-8-6-14(7-9-16)21(2,3)4/h6-11H,12H2,1-5H3,(H,23,24). The summed E-state index contributed by atoms with van der Waals surface area (Å²) in [7, 11) is 1.27. The Morgan fingerprint density at radius 3 is 2.30 bits per heavy atom. The summed E-state index contributed by atoms with van der Waals surface area (Å²) < 4.78 is 10.3. The summed E-state index contributed by atoms with van der Waals surface area (Å²) in [4.78, 5) is 24.2. The Kier molecular flexibility index (Phi) is 6.50. The van der Waals surface area contributed by atoms with Crippen LogP contribution in [-0.2, 0) is 14.9 Å². The van der Waals surface area contributed by atoms with Crippen molar-refractivity contribution in [1.29, 1.82) is 0 Å². The molecule has 2 aromatic carbocycles. The highest BCUT2D eigenvalue weighted by Gasteiger charge is 2.18. The van der Waals surface area contributed by atoms with Gasteiger partial charge in [0.2, 0.25) is 0 Å². The van der Waals surface area contributed by atoms with Gasteiger partial charge in [0, 0.05) is 5.02 Å². The first kappa shape index (κ1) is 20.8. The molecule has 0 saturated heterocycles. The molecule has 0 aliphatic carbocycles. The molecule has 27 heavy (non-hydrogen) atoms. The number of anilines is 1. The van der Waals surface area contributed by atoms with Gasteiger partial charge in [0.15, 0.2) is 6.61 Å². The molecular weight excluding hydrogens is 366 g/mol. The van der Waals surface area contributed by atoms with Gasteiger partial charge in [0.05, 0.1) is 18.4 Å². The average molecular weight is 390 g/mol. The van der Waals surface area contributed by atoms with E-state index in [1.165, 1.54) is 18.7 Å². The number of aryl methyl sites for hydroxylation is 1. The number of esters is 1. The van der Waals surface area contributed by atoms with Crippen LogP contribution < -0.4 is 10.1 Å². The maximum Gasteiger partial charge on any atom is 0.340 e. The Bertz CT molecular complexity index is 838. The van der Waals surface area contributed by atoms with E-state index in [0.29, 0.717) is 22.0 Å². The van der Waals surface area contributed by atoms with E-state index in [0.717, 1.165) is 0 Å². The lowest BCUT2D eigenvalue weighted by atomic mass is 9.87. The van der Waals surface area contributed by atoms with Crippen molar-refractivity contribution in [2.75, 3.05) is 19.0 Å². The second kappa shape index (κ2) is 8.44. The van der Waals surface area contributed by atoms with E-state index in [9.17, 15) is 9.59 Å². The highest BCUT2D eigenvalue weighted by Crippen LogP contribution is 2.27. The van der Waals surface area contributed by atoms with E-state index in [2.05, 4.69) is 26.1 Å². The van der Waals surface area contributed by atoms with Gasteiger partial charge in [-0.3, -0.25) is 4.79 Å². The average Bonchev–Trinajstić information content (AvgIpc) is 2.61. The minimum atomic E-state index is -0.574. The van der Waals surface area contributed by atoms with E-state index >= 15 is 0 Å². The first-order valence-electron chi connectivity index (χ1n) is 8.53. The van der Waals surface area contributed by atoms with Crippen LogP contribution in [0, 0.1) is 6.92 Å². The number of carbonyl (C=O) groups excluding carboxylic acids is 2. The van der Waals surface area contributed by atoms with Gasteiger partial charge in [-0.2, -0.15) is 0 Å². The largest absolute Gasteiger partial charge is 0.484 e. The summed E-state index contributed by atoms with van der Waals surface area (Å²) in [5, 5.41) is 3.09. The second-order valence-electron chi connectivity index (χ2n) is 7.25. The zero-order valence-electron chi connectivity index (χ0n) is 16.2. The van der Waals surface area contributed by atoms with Gasteiger partial charge in [-0.25, -0.2) is 4.79 Å². The molecule has 0 heterocycles. The number of nitrogens with one attached hydrogen (secondary N) is 1. The molecule has 0 saturated carbocycles. The zero-order valence-corrected chi connectivity index (χ0v) is 16.9. The van der Waals surface area contributed by atoms with E-state index < -0.39 is 5.97 Å². The Balaban J connectivity index is 2.07. The van der Waals surface area contributed by atoms with Crippen molar-refractivity contribution in [1.82, 2.24) is 0 Å². The summed E-state index contributed by atoms with van der Waals surface area (Å²) >= 11 is 6.00. The summed E-state index contributed by atoms with van der Waals surface area (Å²) in [6.07, 6.45) is 0. The molecular formula is C21H24ClNO4. The normalized spacial score (nSPS) is 11.0. The molecule has 1 N–H and O–H groups in total. The smallest absolute Gasteiger partial charge is 0.340 e. The Labute approximate surface area is 164 Å². The molecule has 0 fully saturated rings. The molecule has 0 atom stereocenters. The highest BCUT2D eigenvalue weighted by molar-refractivity contribution is 6.31. The van der Waals surface area contributed by atoms with Crippen molar-refractivity contribution in [2.24, 2.45) is 0 Å². The van der Waals surface area contributed by atoms with Gasteiger partial charge in [0.25, 0.3) is 5.91 Å². The van der Waals surface area contributed by atoms with Crippen molar-refractivity contribution < 1.29 is 19.1 Å². The van der Waals surface area contributed by atoms with E-state index in [-0.39, 0.29) is 23.5 Å². The number of rotatable bonds is 5.